The first-order valence-electron chi connectivity index (χ1n) is 11.5. The number of pyridine rings is 1. The van der Waals surface area contributed by atoms with Crippen molar-refractivity contribution in [2.75, 3.05) is 0 Å². The van der Waals surface area contributed by atoms with E-state index in [-0.39, 0.29) is 5.69 Å². The van der Waals surface area contributed by atoms with Crippen molar-refractivity contribution in [3.63, 3.8) is 0 Å². The van der Waals surface area contributed by atoms with Crippen LogP contribution < -0.4 is 5.69 Å². The summed E-state index contributed by atoms with van der Waals surface area (Å²) >= 11 is 3.57. The molecule has 0 amide bonds. The number of aromatic nitrogens is 7. The summed E-state index contributed by atoms with van der Waals surface area (Å²) in [7, 11) is 0. The number of tetrazole rings is 1. The van der Waals surface area contributed by atoms with Crippen LogP contribution in [-0.4, -0.2) is 34.7 Å². The van der Waals surface area contributed by atoms with Crippen molar-refractivity contribution >= 4 is 15.9 Å². The summed E-state index contributed by atoms with van der Waals surface area (Å²) in [5.41, 5.74) is 5.40. The van der Waals surface area contributed by atoms with E-state index in [4.69, 9.17) is 4.98 Å². The predicted molar refractivity (Wildman–Crippen MR) is 138 cm³/mol. The standard InChI is InChI=1S/C26H24BrN7O/c1-2-3-8-20-17-34(24-12-7-6-11-23(24)27)26(35)33(20)16-19-14-13-18(15-28-19)21-9-4-5-10-22(21)25-29-31-32-30-25/h4-7,9-15,17H,2-3,8,16H2,1H3,(H,29,30,31,32). The topological polar surface area (TPSA) is 94.3 Å². The molecule has 0 fully saturated rings. The van der Waals surface area contributed by atoms with Crippen molar-refractivity contribution in [3.05, 3.63) is 99.4 Å². The van der Waals surface area contributed by atoms with Crippen molar-refractivity contribution in [1.29, 1.82) is 0 Å². The highest BCUT2D eigenvalue weighted by Crippen LogP contribution is 2.29. The third-order valence-electron chi connectivity index (χ3n) is 5.94. The molecule has 3 heterocycles. The Morgan fingerprint density at radius 3 is 2.51 bits per heavy atom. The molecule has 0 aliphatic carbocycles. The third-order valence-corrected chi connectivity index (χ3v) is 6.61. The van der Waals surface area contributed by atoms with E-state index in [1.165, 1.54) is 0 Å². The van der Waals surface area contributed by atoms with Crippen molar-refractivity contribution < 1.29 is 0 Å². The maximum absolute atomic E-state index is 13.4. The van der Waals surface area contributed by atoms with Gasteiger partial charge in [0.2, 0.25) is 0 Å². The normalized spacial score (nSPS) is 11.1. The fourth-order valence-corrected chi connectivity index (χ4v) is 4.60. The molecule has 0 saturated heterocycles. The summed E-state index contributed by atoms with van der Waals surface area (Å²) in [6.07, 6.45) is 6.69. The summed E-state index contributed by atoms with van der Waals surface area (Å²) in [5.74, 6) is 0.602. The van der Waals surface area contributed by atoms with Gasteiger partial charge in [0.25, 0.3) is 0 Å². The van der Waals surface area contributed by atoms with Gasteiger partial charge in [-0.15, -0.1) is 5.10 Å². The van der Waals surface area contributed by atoms with Crippen LogP contribution in [-0.2, 0) is 13.0 Å². The second-order valence-corrected chi connectivity index (χ2v) is 9.10. The lowest BCUT2D eigenvalue weighted by molar-refractivity contribution is 0.664. The van der Waals surface area contributed by atoms with Gasteiger partial charge in [0.05, 0.1) is 17.9 Å². The van der Waals surface area contributed by atoms with Crippen LogP contribution in [0.25, 0.3) is 28.2 Å². The summed E-state index contributed by atoms with van der Waals surface area (Å²) in [4.78, 5) is 18.1. The maximum Gasteiger partial charge on any atom is 0.333 e. The lowest BCUT2D eigenvalue weighted by Gasteiger charge is -2.09. The zero-order valence-electron chi connectivity index (χ0n) is 19.2. The molecule has 9 heteroatoms. The number of H-pyrrole nitrogens is 1. The molecular formula is C26H24BrN7O. The minimum absolute atomic E-state index is 0.0722. The van der Waals surface area contributed by atoms with Crippen molar-refractivity contribution in [1.82, 2.24) is 34.7 Å². The smallest absolute Gasteiger partial charge is 0.290 e. The molecule has 0 aliphatic rings. The number of rotatable bonds is 8. The molecule has 5 aromatic rings. The Bertz CT molecular complexity index is 1490. The minimum Gasteiger partial charge on any atom is -0.290 e. The highest BCUT2D eigenvalue weighted by Gasteiger charge is 2.15. The van der Waals surface area contributed by atoms with Gasteiger partial charge in [-0.2, -0.15) is 0 Å². The van der Waals surface area contributed by atoms with Crippen LogP contribution in [0, 0.1) is 0 Å². The first-order chi connectivity index (χ1) is 17.2. The van der Waals surface area contributed by atoms with Crippen LogP contribution >= 0.6 is 15.9 Å². The summed E-state index contributed by atoms with van der Waals surface area (Å²) in [6, 6.07) is 19.6. The molecule has 0 atom stereocenters. The average Bonchev–Trinajstić information content (AvgIpc) is 3.53. The van der Waals surface area contributed by atoms with Gasteiger partial charge in [-0.05, 0) is 63.0 Å². The Labute approximate surface area is 210 Å². The van der Waals surface area contributed by atoms with E-state index < -0.39 is 0 Å². The number of aryl methyl sites for hydroxylation is 1. The molecule has 176 valence electrons. The third kappa shape index (κ3) is 4.72. The van der Waals surface area contributed by atoms with E-state index in [1.807, 2.05) is 77.6 Å². The molecule has 0 spiro atoms. The number of aromatic amines is 1. The quantitative estimate of drug-likeness (QED) is 0.304. The Balaban J connectivity index is 1.47. The number of imidazole rings is 1. The first-order valence-corrected chi connectivity index (χ1v) is 12.3. The molecule has 0 unspecified atom stereocenters. The molecule has 0 radical (unpaired) electrons. The maximum atomic E-state index is 13.4. The van der Waals surface area contributed by atoms with Crippen LogP contribution in [0.1, 0.15) is 31.2 Å². The van der Waals surface area contributed by atoms with E-state index in [0.717, 1.165) is 57.5 Å². The molecule has 0 bridgehead atoms. The molecule has 5 rings (SSSR count). The minimum atomic E-state index is -0.0722. The van der Waals surface area contributed by atoms with Crippen LogP contribution in [0.3, 0.4) is 0 Å². The Hall–Kier alpha value is -3.85. The number of benzene rings is 2. The van der Waals surface area contributed by atoms with E-state index in [1.54, 1.807) is 4.57 Å². The van der Waals surface area contributed by atoms with Gasteiger partial charge >= 0.3 is 5.69 Å². The number of halogens is 1. The highest BCUT2D eigenvalue weighted by molar-refractivity contribution is 9.10. The van der Waals surface area contributed by atoms with Gasteiger partial charge in [-0.1, -0.05) is 55.8 Å². The monoisotopic (exact) mass is 529 g/mol. The number of unbranched alkanes of at least 4 members (excludes halogenated alkanes) is 1. The molecule has 8 nitrogen and oxygen atoms in total. The molecule has 0 aliphatic heterocycles. The van der Waals surface area contributed by atoms with Crippen molar-refractivity contribution in [3.8, 4) is 28.2 Å². The summed E-state index contributed by atoms with van der Waals surface area (Å²) < 4.78 is 4.42. The van der Waals surface area contributed by atoms with Crippen LogP contribution in [0.2, 0.25) is 0 Å². The zero-order chi connectivity index (χ0) is 24.2. The zero-order valence-corrected chi connectivity index (χ0v) is 20.8. The molecule has 1 N–H and O–H groups in total. The number of nitrogens with one attached hydrogen (secondary N) is 1. The number of hydrogen-bond acceptors (Lipinski definition) is 5. The van der Waals surface area contributed by atoms with E-state index >= 15 is 0 Å². The number of hydrogen-bond donors (Lipinski definition) is 1. The molecule has 2 aromatic carbocycles. The van der Waals surface area contributed by atoms with Crippen molar-refractivity contribution in [2.24, 2.45) is 0 Å². The fourth-order valence-electron chi connectivity index (χ4n) is 4.13. The van der Waals surface area contributed by atoms with Crippen LogP contribution in [0.4, 0.5) is 0 Å². The second kappa shape index (κ2) is 10.2. The van der Waals surface area contributed by atoms with Crippen LogP contribution in [0.5, 0.6) is 0 Å². The number of para-hydroxylation sites is 1. The van der Waals surface area contributed by atoms with Gasteiger partial charge in [0.1, 0.15) is 0 Å². The Morgan fingerprint density at radius 2 is 1.80 bits per heavy atom. The van der Waals surface area contributed by atoms with Gasteiger partial charge in [0.15, 0.2) is 5.82 Å². The van der Waals surface area contributed by atoms with Gasteiger partial charge in [-0.3, -0.25) is 14.1 Å². The lowest BCUT2D eigenvalue weighted by atomic mass is 10.0. The second-order valence-electron chi connectivity index (χ2n) is 8.25. The van der Waals surface area contributed by atoms with Gasteiger partial charge in [-0.25, -0.2) is 9.89 Å². The molecule has 0 saturated carbocycles. The van der Waals surface area contributed by atoms with Crippen molar-refractivity contribution in [2.45, 2.75) is 32.7 Å². The lowest BCUT2D eigenvalue weighted by Crippen LogP contribution is -2.25. The van der Waals surface area contributed by atoms with E-state index in [9.17, 15) is 4.79 Å². The Kier molecular flexibility index (Phi) is 6.67. The predicted octanol–water partition coefficient (Wildman–Crippen LogP) is 5.03. The molecule has 3 aromatic heterocycles. The summed E-state index contributed by atoms with van der Waals surface area (Å²) in [6.45, 7) is 2.56. The SMILES string of the molecule is CCCCc1cn(-c2ccccc2Br)c(=O)n1Cc1ccc(-c2ccccc2-c2nnn[nH]2)cn1. The molecular weight excluding hydrogens is 506 g/mol. The number of nitrogens with zero attached hydrogens (tertiary/aromatic N) is 6. The Morgan fingerprint density at radius 1 is 1.00 bits per heavy atom. The van der Waals surface area contributed by atoms with E-state index in [0.29, 0.717) is 12.4 Å². The van der Waals surface area contributed by atoms with Gasteiger partial charge < -0.3 is 0 Å². The average molecular weight is 530 g/mol. The largest absolute Gasteiger partial charge is 0.333 e. The molecule has 35 heavy (non-hydrogen) atoms. The van der Waals surface area contributed by atoms with E-state index in [2.05, 4.69) is 43.5 Å². The summed E-state index contributed by atoms with van der Waals surface area (Å²) in [5, 5.41) is 14.2. The first kappa shape index (κ1) is 22.9. The fraction of sp³-hybridized carbons (Fsp3) is 0.192. The van der Waals surface area contributed by atoms with Gasteiger partial charge in [0, 0.05) is 33.7 Å². The van der Waals surface area contributed by atoms with Crippen LogP contribution in [0.15, 0.2) is 82.3 Å². The highest BCUT2D eigenvalue weighted by atomic mass is 79.9.